The molecule has 4 nitrogen and oxygen atoms in total. The van der Waals surface area contributed by atoms with Crippen LogP contribution in [-0.2, 0) is 5.75 Å². The van der Waals surface area contributed by atoms with Crippen LogP contribution in [0.4, 0.5) is 0 Å². The summed E-state index contributed by atoms with van der Waals surface area (Å²) in [5.41, 5.74) is 0. The van der Waals surface area contributed by atoms with Gasteiger partial charge in [0.05, 0.1) is 11.8 Å². The molecule has 0 spiro atoms. The third kappa shape index (κ3) is 3.34. The highest BCUT2D eigenvalue weighted by molar-refractivity contribution is 9.10. The number of rotatable bonds is 5. The summed E-state index contributed by atoms with van der Waals surface area (Å²) in [6.07, 6.45) is 0. The number of benzene rings is 1. The molecule has 0 saturated carbocycles. The lowest BCUT2D eigenvalue weighted by Gasteiger charge is -2.02. The maximum Gasteiger partial charge on any atom is 0.243 e. The summed E-state index contributed by atoms with van der Waals surface area (Å²) in [4.78, 5) is 5.52. The van der Waals surface area contributed by atoms with Gasteiger partial charge in [-0.3, -0.25) is 0 Å². The van der Waals surface area contributed by atoms with Crippen LogP contribution in [0.2, 0.25) is 0 Å². The molecular formula is C12H14BrN3OS. The number of hydrogen-bond acceptors (Lipinski definition) is 5. The van der Waals surface area contributed by atoms with E-state index in [-0.39, 0.29) is 6.04 Å². The van der Waals surface area contributed by atoms with Gasteiger partial charge in [-0.1, -0.05) is 17.3 Å². The van der Waals surface area contributed by atoms with Crippen LogP contribution >= 0.6 is 27.7 Å². The van der Waals surface area contributed by atoms with Crippen molar-refractivity contribution in [1.29, 1.82) is 0 Å². The second kappa shape index (κ2) is 6.36. The van der Waals surface area contributed by atoms with E-state index in [1.807, 2.05) is 32.2 Å². The van der Waals surface area contributed by atoms with Crippen molar-refractivity contribution in [1.82, 2.24) is 15.5 Å². The number of nitrogens with zero attached hydrogens (tertiary/aromatic N) is 2. The van der Waals surface area contributed by atoms with Crippen LogP contribution in [0.15, 0.2) is 38.2 Å². The summed E-state index contributed by atoms with van der Waals surface area (Å²) < 4.78 is 6.27. The minimum absolute atomic E-state index is 0.0831. The van der Waals surface area contributed by atoms with Crippen molar-refractivity contribution in [2.24, 2.45) is 0 Å². The molecule has 1 atom stereocenters. The highest BCUT2D eigenvalue weighted by atomic mass is 79.9. The molecule has 0 aliphatic heterocycles. The molecule has 1 heterocycles. The summed E-state index contributed by atoms with van der Waals surface area (Å²) in [5.74, 6) is 2.04. The third-order valence-electron chi connectivity index (χ3n) is 2.48. The molecule has 1 N–H and O–H groups in total. The maximum atomic E-state index is 5.19. The standard InChI is InChI=1S/C12H14BrN3OS/c1-8(14-2)12-15-11(16-17-12)7-18-10-6-4-3-5-9(10)13/h3-6,8,14H,7H2,1-2H3. The quantitative estimate of drug-likeness (QED) is 0.853. The molecule has 2 rings (SSSR count). The Kier molecular flexibility index (Phi) is 4.79. The Balaban J connectivity index is 1.98. The van der Waals surface area contributed by atoms with E-state index in [0.717, 1.165) is 4.47 Å². The van der Waals surface area contributed by atoms with Gasteiger partial charge in [0.15, 0.2) is 5.82 Å². The molecule has 18 heavy (non-hydrogen) atoms. The van der Waals surface area contributed by atoms with Crippen molar-refractivity contribution < 1.29 is 4.52 Å². The van der Waals surface area contributed by atoms with Crippen molar-refractivity contribution in [2.45, 2.75) is 23.6 Å². The fourth-order valence-corrected chi connectivity index (χ4v) is 2.74. The molecule has 1 unspecified atom stereocenters. The SMILES string of the molecule is CNC(C)c1nc(CSc2ccccc2Br)no1. The maximum absolute atomic E-state index is 5.19. The molecule has 0 fully saturated rings. The number of hydrogen-bond donors (Lipinski definition) is 1. The van der Waals surface area contributed by atoms with Gasteiger partial charge < -0.3 is 9.84 Å². The van der Waals surface area contributed by atoms with Crippen LogP contribution < -0.4 is 5.32 Å². The normalized spacial score (nSPS) is 12.6. The van der Waals surface area contributed by atoms with Gasteiger partial charge in [-0.05, 0) is 42.0 Å². The van der Waals surface area contributed by atoms with Gasteiger partial charge in [0, 0.05) is 9.37 Å². The minimum Gasteiger partial charge on any atom is -0.338 e. The summed E-state index contributed by atoms with van der Waals surface area (Å²) >= 11 is 5.19. The molecule has 0 amide bonds. The monoisotopic (exact) mass is 327 g/mol. The van der Waals surface area contributed by atoms with E-state index >= 15 is 0 Å². The lowest BCUT2D eigenvalue weighted by molar-refractivity contribution is 0.344. The number of nitrogens with one attached hydrogen (secondary N) is 1. The van der Waals surface area contributed by atoms with E-state index < -0.39 is 0 Å². The van der Waals surface area contributed by atoms with Crippen LogP contribution in [0, 0.1) is 0 Å². The van der Waals surface area contributed by atoms with Gasteiger partial charge in [0.2, 0.25) is 5.89 Å². The number of aromatic nitrogens is 2. The average molecular weight is 328 g/mol. The second-order valence-corrected chi connectivity index (χ2v) is 5.65. The molecule has 6 heteroatoms. The predicted molar refractivity (Wildman–Crippen MR) is 75.5 cm³/mol. The molecule has 1 aromatic carbocycles. The van der Waals surface area contributed by atoms with Crippen LogP contribution in [-0.4, -0.2) is 17.2 Å². The van der Waals surface area contributed by atoms with E-state index in [4.69, 9.17) is 4.52 Å². The van der Waals surface area contributed by atoms with Crippen LogP contribution in [0.5, 0.6) is 0 Å². The van der Waals surface area contributed by atoms with Gasteiger partial charge in [-0.2, -0.15) is 4.98 Å². The molecule has 0 aliphatic carbocycles. The fraction of sp³-hybridized carbons (Fsp3) is 0.333. The van der Waals surface area contributed by atoms with Crippen LogP contribution in [0.25, 0.3) is 0 Å². The molecule has 1 aromatic heterocycles. The summed E-state index contributed by atoms with van der Waals surface area (Å²) in [6.45, 7) is 1.98. The van der Waals surface area contributed by atoms with E-state index in [9.17, 15) is 0 Å². The summed E-state index contributed by atoms with van der Waals surface area (Å²) in [5, 5.41) is 7.03. The van der Waals surface area contributed by atoms with Crippen molar-refractivity contribution >= 4 is 27.7 Å². The van der Waals surface area contributed by atoms with E-state index in [1.54, 1.807) is 11.8 Å². The number of halogens is 1. The average Bonchev–Trinajstić information content (AvgIpc) is 2.86. The molecule has 2 aromatic rings. The van der Waals surface area contributed by atoms with Gasteiger partial charge >= 0.3 is 0 Å². The van der Waals surface area contributed by atoms with Crippen molar-refractivity contribution in [3.63, 3.8) is 0 Å². The van der Waals surface area contributed by atoms with E-state index in [1.165, 1.54) is 4.90 Å². The van der Waals surface area contributed by atoms with Crippen molar-refractivity contribution in [3.8, 4) is 0 Å². The Morgan fingerprint density at radius 3 is 2.94 bits per heavy atom. The van der Waals surface area contributed by atoms with Gasteiger partial charge in [-0.15, -0.1) is 11.8 Å². The Morgan fingerprint density at radius 2 is 2.22 bits per heavy atom. The topological polar surface area (TPSA) is 51.0 Å². The Bertz CT molecular complexity index is 518. The third-order valence-corrected chi connectivity index (χ3v) is 4.50. The molecule has 96 valence electrons. The Labute approximate surface area is 119 Å². The predicted octanol–water partition coefficient (Wildman–Crippen LogP) is 3.40. The zero-order chi connectivity index (χ0) is 13.0. The Morgan fingerprint density at radius 1 is 1.44 bits per heavy atom. The van der Waals surface area contributed by atoms with Gasteiger partial charge in [0.25, 0.3) is 0 Å². The first kappa shape index (κ1) is 13.6. The van der Waals surface area contributed by atoms with Crippen molar-refractivity contribution in [3.05, 3.63) is 40.5 Å². The largest absolute Gasteiger partial charge is 0.338 e. The molecular weight excluding hydrogens is 314 g/mol. The van der Waals surface area contributed by atoms with E-state index in [2.05, 4.69) is 37.5 Å². The minimum atomic E-state index is 0.0831. The van der Waals surface area contributed by atoms with Crippen molar-refractivity contribution in [2.75, 3.05) is 7.05 Å². The highest BCUT2D eigenvalue weighted by Gasteiger charge is 2.12. The highest BCUT2D eigenvalue weighted by Crippen LogP contribution is 2.29. The smallest absolute Gasteiger partial charge is 0.243 e. The lowest BCUT2D eigenvalue weighted by Crippen LogP contribution is -2.12. The first-order valence-electron chi connectivity index (χ1n) is 5.57. The first-order chi connectivity index (χ1) is 8.70. The fourth-order valence-electron chi connectivity index (χ4n) is 1.33. The molecule has 0 radical (unpaired) electrons. The van der Waals surface area contributed by atoms with Gasteiger partial charge in [-0.25, -0.2) is 0 Å². The summed E-state index contributed by atoms with van der Waals surface area (Å²) in [6, 6.07) is 8.17. The van der Waals surface area contributed by atoms with Crippen LogP contribution in [0.1, 0.15) is 24.7 Å². The van der Waals surface area contributed by atoms with E-state index in [0.29, 0.717) is 17.5 Å². The number of thioether (sulfide) groups is 1. The molecule has 0 bridgehead atoms. The van der Waals surface area contributed by atoms with Crippen LogP contribution in [0.3, 0.4) is 0 Å². The van der Waals surface area contributed by atoms with Gasteiger partial charge in [0.1, 0.15) is 0 Å². The molecule has 0 aliphatic rings. The second-order valence-electron chi connectivity index (χ2n) is 3.78. The zero-order valence-corrected chi connectivity index (χ0v) is 12.6. The lowest BCUT2D eigenvalue weighted by atomic mass is 10.3. The first-order valence-corrected chi connectivity index (χ1v) is 7.35. The summed E-state index contributed by atoms with van der Waals surface area (Å²) in [7, 11) is 1.87. The molecule has 0 saturated heterocycles. The Hall–Kier alpha value is -0.850. The zero-order valence-electron chi connectivity index (χ0n) is 10.2.